The standard InChI is InChI=1S/C23H15ClN2O5S/c1-12-17(24)3-2-4-18(12)26-21(28)16(20(27)25-23(26)32)11-15-9-10-19(31-15)13-5-7-14(8-6-13)22(29)30/h2-11H,1H3,(H,29,30)(H,25,27,32). The summed E-state index contributed by atoms with van der Waals surface area (Å²) < 4.78 is 5.75. The molecule has 1 aliphatic rings. The number of aromatic carboxylic acids is 1. The lowest BCUT2D eigenvalue weighted by Gasteiger charge is -2.30. The van der Waals surface area contributed by atoms with E-state index in [4.69, 9.17) is 33.3 Å². The number of benzene rings is 2. The Kier molecular flexibility index (Phi) is 5.65. The van der Waals surface area contributed by atoms with Gasteiger partial charge in [0.25, 0.3) is 11.8 Å². The van der Waals surface area contributed by atoms with Gasteiger partial charge in [0.2, 0.25) is 0 Å². The second-order valence-electron chi connectivity index (χ2n) is 6.93. The molecule has 0 atom stereocenters. The molecule has 4 rings (SSSR count). The van der Waals surface area contributed by atoms with Crippen LogP contribution in [0.3, 0.4) is 0 Å². The molecule has 0 bridgehead atoms. The fourth-order valence-corrected chi connectivity index (χ4v) is 3.66. The third-order valence-electron chi connectivity index (χ3n) is 4.91. The molecule has 1 aliphatic heterocycles. The van der Waals surface area contributed by atoms with Gasteiger partial charge in [0.1, 0.15) is 17.1 Å². The number of carboxylic acids is 1. The van der Waals surface area contributed by atoms with Crippen LogP contribution in [0.15, 0.2) is 64.6 Å². The number of anilines is 1. The number of rotatable bonds is 4. The molecule has 160 valence electrons. The van der Waals surface area contributed by atoms with Gasteiger partial charge in [-0.1, -0.05) is 29.8 Å². The number of halogens is 1. The van der Waals surface area contributed by atoms with Crippen molar-refractivity contribution in [2.45, 2.75) is 6.92 Å². The topological polar surface area (TPSA) is 99.8 Å². The van der Waals surface area contributed by atoms with Crippen molar-refractivity contribution in [3.8, 4) is 11.3 Å². The Labute approximate surface area is 192 Å². The normalized spacial score (nSPS) is 15.2. The summed E-state index contributed by atoms with van der Waals surface area (Å²) in [5.74, 6) is -1.54. The van der Waals surface area contributed by atoms with Gasteiger partial charge in [-0.25, -0.2) is 4.79 Å². The number of thiocarbonyl (C=S) groups is 1. The predicted molar refractivity (Wildman–Crippen MR) is 123 cm³/mol. The average molecular weight is 467 g/mol. The fraction of sp³-hybridized carbons (Fsp3) is 0.0435. The Bertz CT molecular complexity index is 1310. The summed E-state index contributed by atoms with van der Waals surface area (Å²) in [7, 11) is 0. The fourth-order valence-electron chi connectivity index (χ4n) is 3.22. The van der Waals surface area contributed by atoms with Crippen LogP contribution < -0.4 is 10.2 Å². The zero-order chi connectivity index (χ0) is 23.0. The highest BCUT2D eigenvalue weighted by atomic mass is 35.5. The highest BCUT2D eigenvalue weighted by Crippen LogP contribution is 2.30. The Balaban J connectivity index is 1.67. The van der Waals surface area contributed by atoms with Gasteiger partial charge in [-0.3, -0.25) is 19.8 Å². The molecule has 0 saturated carbocycles. The number of nitrogens with one attached hydrogen (secondary N) is 1. The van der Waals surface area contributed by atoms with Crippen LogP contribution in [-0.2, 0) is 9.59 Å². The van der Waals surface area contributed by atoms with Crippen LogP contribution in [0.4, 0.5) is 5.69 Å². The molecule has 1 saturated heterocycles. The first-order valence-electron chi connectivity index (χ1n) is 9.36. The molecule has 0 unspecified atom stereocenters. The van der Waals surface area contributed by atoms with Crippen molar-refractivity contribution in [3.05, 3.63) is 82.1 Å². The number of furan rings is 1. The maximum atomic E-state index is 13.2. The zero-order valence-electron chi connectivity index (χ0n) is 16.6. The van der Waals surface area contributed by atoms with Gasteiger partial charge in [-0.2, -0.15) is 0 Å². The molecule has 0 radical (unpaired) electrons. The van der Waals surface area contributed by atoms with Gasteiger partial charge >= 0.3 is 5.97 Å². The lowest BCUT2D eigenvalue weighted by Crippen LogP contribution is -2.54. The van der Waals surface area contributed by atoms with E-state index in [2.05, 4.69) is 5.32 Å². The highest BCUT2D eigenvalue weighted by molar-refractivity contribution is 7.80. The molecule has 2 amide bonds. The highest BCUT2D eigenvalue weighted by Gasteiger charge is 2.35. The first-order valence-corrected chi connectivity index (χ1v) is 10.1. The van der Waals surface area contributed by atoms with E-state index >= 15 is 0 Å². The Morgan fingerprint density at radius 1 is 1.12 bits per heavy atom. The number of hydrogen-bond donors (Lipinski definition) is 2. The van der Waals surface area contributed by atoms with Crippen LogP contribution in [-0.4, -0.2) is 28.0 Å². The zero-order valence-corrected chi connectivity index (χ0v) is 18.2. The van der Waals surface area contributed by atoms with Crippen molar-refractivity contribution in [3.63, 3.8) is 0 Å². The molecule has 7 nitrogen and oxygen atoms in total. The van der Waals surface area contributed by atoms with Crippen molar-refractivity contribution >= 4 is 58.5 Å². The van der Waals surface area contributed by atoms with E-state index < -0.39 is 17.8 Å². The van der Waals surface area contributed by atoms with E-state index in [1.807, 2.05) is 0 Å². The van der Waals surface area contributed by atoms with Crippen molar-refractivity contribution < 1.29 is 23.9 Å². The van der Waals surface area contributed by atoms with Crippen LogP contribution in [0.2, 0.25) is 5.02 Å². The third kappa shape index (κ3) is 3.93. The summed E-state index contributed by atoms with van der Waals surface area (Å²) in [6, 6.07) is 14.5. The number of carbonyl (C=O) groups excluding carboxylic acids is 2. The smallest absolute Gasteiger partial charge is 0.335 e. The van der Waals surface area contributed by atoms with Crippen molar-refractivity contribution in [2.24, 2.45) is 0 Å². The number of hydrogen-bond acceptors (Lipinski definition) is 5. The van der Waals surface area contributed by atoms with Gasteiger partial charge in [0, 0.05) is 10.6 Å². The summed E-state index contributed by atoms with van der Waals surface area (Å²) in [6.45, 7) is 1.75. The monoisotopic (exact) mass is 466 g/mol. The van der Waals surface area contributed by atoms with E-state index in [9.17, 15) is 14.4 Å². The van der Waals surface area contributed by atoms with E-state index in [0.717, 1.165) is 0 Å². The van der Waals surface area contributed by atoms with Crippen molar-refractivity contribution in [1.82, 2.24) is 5.32 Å². The van der Waals surface area contributed by atoms with E-state index in [1.165, 1.54) is 23.1 Å². The number of carboxylic acid groups (broad SMARTS) is 1. The molecule has 1 fully saturated rings. The first kappa shape index (κ1) is 21.5. The summed E-state index contributed by atoms with van der Waals surface area (Å²) in [5, 5.41) is 12.0. The van der Waals surface area contributed by atoms with Crippen molar-refractivity contribution in [2.75, 3.05) is 4.90 Å². The largest absolute Gasteiger partial charge is 0.478 e. The Morgan fingerprint density at radius 2 is 1.84 bits per heavy atom. The summed E-state index contributed by atoms with van der Waals surface area (Å²) in [5.41, 5.74) is 1.76. The predicted octanol–water partition coefficient (Wildman–Crippen LogP) is 4.44. The van der Waals surface area contributed by atoms with Gasteiger partial charge in [0.15, 0.2) is 5.11 Å². The summed E-state index contributed by atoms with van der Waals surface area (Å²) in [6.07, 6.45) is 1.33. The van der Waals surface area contributed by atoms with Crippen LogP contribution in [0.25, 0.3) is 17.4 Å². The van der Waals surface area contributed by atoms with E-state index in [1.54, 1.807) is 49.4 Å². The molecule has 2 N–H and O–H groups in total. The molecule has 2 aromatic carbocycles. The quantitative estimate of drug-likeness (QED) is 0.335. The lowest BCUT2D eigenvalue weighted by molar-refractivity contribution is -0.122. The number of amides is 2. The SMILES string of the molecule is Cc1c(Cl)cccc1N1C(=O)C(=Cc2ccc(-c3ccc(C(=O)O)cc3)o2)C(=O)NC1=S. The minimum Gasteiger partial charge on any atom is -0.478 e. The van der Waals surface area contributed by atoms with Gasteiger partial charge in [-0.15, -0.1) is 0 Å². The maximum absolute atomic E-state index is 13.2. The second-order valence-corrected chi connectivity index (χ2v) is 7.72. The maximum Gasteiger partial charge on any atom is 0.335 e. The number of carbonyl (C=O) groups is 3. The molecule has 32 heavy (non-hydrogen) atoms. The first-order chi connectivity index (χ1) is 15.3. The van der Waals surface area contributed by atoms with Gasteiger partial charge < -0.3 is 9.52 Å². The second kappa shape index (κ2) is 8.41. The average Bonchev–Trinajstić information content (AvgIpc) is 3.23. The minimum absolute atomic E-state index is 0.0406. The molecule has 3 aromatic rings. The molecule has 2 heterocycles. The van der Waals surface area contributed by atoms with Crippen molar-refractivity contribution in [1.29, 1.82) is 0 Å². The summed E-state index contributed by atoms with van der Waals surface area (Å²) >= 11 is 11.4. The molecule has 9 heteroatoms. The Morgan fingerprint density at radius 3 is 2.53 bits per heavy atom. The van der Waals surface area contributed by atoms with Gasteiger partial charge in [0.05, 0.1) is 11.3 Å². The molecule has 1 aromatic heterocycles. The molecular formula is C23H15ClN2O5S. The van der Waals surface area contributed by atoms with Crippen LogP contribution in [0.5, 0.6) is 0 Å². The van der Waals surface area contributed by atoms with Crippen LogP contribution >= 0.6 is 23.8 Å². The molecule has 0 spiro atoms. The molecule has 0 aliphatic carbocycles. The summed E-state index contributed by atoms with van der Waals surface area (Å²) in [4.78, 5) is 37.9. The third-order valence-corrected chi connectivity index (χ3v) is 5.61. The van der Waals surface area contributed by atoms with Crippen LogP contribution in [0, 0.1) is 6.92 Å². The van der Waals surface area contributed by atoms with Crippen LogP contribution in [0.1, 0.15) is 21.7 Å². The lowest BCUT2D eigenvalue weighted by atomic mass is 10.1. The Hall–Kier alpha value is -3.75. The number of nitrogens with zero attached hydrogens (tertiary/aromatic N) is 1. The van der Waals surface area contributed by atoms with E-state index in [0.29, 0.717) is 27.6 Å². The minimum atomic E-state index is -1.03. The van der Waals surface area contributed by atoms with E-state index in [-0.39, 0.29) is 22.0 Å². The van der Waals surface area contributed by atoms with Gasteiger partial charge in [-0.05, 0) is 67.2 Å². The molecular weight excluding hydrogens is 452 g/mol.